The number of aryl methyl sites for hydroxylation is 1. The first-order chi connectivity index (χ1) is 26.9. The summed E-state index contributed by atoms with van der Waals surface area (Å²) in [6, 6.07) is 15.1. The Balaban J connectivity index is 0.951. The zero-order chi connectivity index (χ0) is 39.2. The van der Waals surface area contributed by atoms with Gasteiger partial charge in [-0.1, -0.05) is 30.3 Å². The van der Waals surface area contributed by atoms with E-state index < -0.39 is 35.8 Å². The Morgan fingerprint density at radius 1 is 0.946 bits per heavy atom. The standard InChI is InChI=1S/C42H39F4N7O3/c1-22(29-4-3-5-31(38(29)44)39(45)46)48-40-32-18-34(47-19-35(32)49-23(2)50-40)26-7-9-33(43)28(17-26)20-52-14-12-24(13-15-52)25-6-8-30-27(16-25)21-53(42(30)56)36-10-11-37(54)51-41(36)55/h3-9,16-19,22,24,36,39H,10-15,20-21H2,1-2H3,(H,48,49,50)(H,51,54,55). The van der Waals surface area contributed by atoms with Crippen molar-refractivity contribution >= 4 is 34.4 Å². The number of aromatic nitrogens is 3. The molecular formula is C42H39F4N7O3. The largest absolute Gasteiger partial charge is 0.363 e. The molecule has 0 spiro atoms. The number of nitrogens with zero attached hydrogens (tertiary/aromatic N) is 5. The summed E-state index contributed by atoms with van der Waals surface area (Å²) < 4.78 is 57.1. The molecule has 2 saturated heterocycles. The fourth-order valence-corrected chi connectivity index (χ4v) is 8.14. The van der Waals surface area contributed by atoms with E-state index in [0.717, 1.165) is 43.1 Å². The van der Waals surface area contributed by atoms with Gasteiger partial charge in [-0.2, -0.15) is 0 Å². The number of likely N-dealkylation sites (tertiary alicyclic amines) is 1. The molecule has 0 bridgehead atoms. The maximum absolute atomic E-state index is 15.3. The minimum atomic E-state index is -2.95. The maximum atomic E-state index is 15.3. The molecule has 3 aliphatic rings. The first-order valence-corrected chi connectivity index (χ1v) is 18.7. The van der Waals surface area contributed by atoms with Crippen molar-refractivity contribution in [1.82, 2.24) is 30.1 Å². The van der Waals surface area contributed by atoms with Crippen LogP contribution in [0.2, 0.25) is 0 Å². The number of imide groups is 1. The van der Waals surface area contributed by atoms with Crippen LogP contribution in [0.4, 0.5) is 23.4 Å². The molecule has 288 valence electrons. The molecule has 5 aromatic rings. The van der Waals surface area contributed by atoms with Crippen molar-refractivity contribution in [2.75, 3.05) is 18.4 Å². The summed E-state index contributed by atoms with van der Waals surface area (Å²) in [5.74, 6) is -1.15. The van der Waals surface area contributed by atoms with Crippen molar-refractivity contribution in [3.05, 3.63) is 118 Å². The molecule has 10 nitrogen and oxygen atoms in total. The molecule has 2 atom stereocenters. The molecule has 3 aliphatic heterocycles. The molecule has 2 fully saturated rings. The molecule has 5 heterocycles. The summed E-state index contributed by atoms with van der Waals surface area (Å²) in [5, 5.41) is 6.11. The normalized spacial score (nSPS) is 18.4. The molecule has 0 saturated carbocycles. The van der Waals surface area contributed by atoms with Crippen molar-refractivity contribution in [3.8, 4) is 11.3 Å². The third-order valence-electron chi connectivity index (χ3n) is 11.1. The summed E-state index contributed by atoms with van der Waals surface area (Å²) in [4.78, 5) is 54.7. The van der Waals surface area contributed by atoms with E-state index in [1.54, 1.807) is 43.1 Å². The van der Waals surface area contributed by atoms with E-state index in [2.05, 4.69) is 36.6 Å². The lowest BCUT2D eigenvalue weighted by molar-refractivity contribution is -0.136. The Bertz CT molecular complexity index is 2380. The quantitative estimate of drug-likeness (QED) is 0.117. The topological polar surface area (TPSA) is 120 Å². The fourth-order valence-electron chi connectivity index (χ4n) is 8.14. The first kappa shape index (κ1) is 37.2. The van der Waals surface area contributed by atoms with Gasteiger partial charge < -0.3 is 10.2 Å². The van der Waals surface area contributed by atoms with Crippen LogP contribution in [0.15, 0.2) is 66.9 Å². The molecule has 0 radical (unpaired) electrons. The van der Waals surface area contributed by atoms with Gasteiger partial charge in [0.05, 0.1) is 29.0 Å². The summed E-state index contributed by atoms with van der Waals surface area (Å²) in [6.07, 6.45) is 0.874. The number of benzene rings is 3. The number of hydrogen-bond donors (Lipinski definition) is 2. The predicted octanol–water partition coefficient (Wildman–Crippen LogP) is 7.53. The lowest BCUT2D eigenvalue weighted by atomic mass is 9.87. The molecule has 8 rings (SSSR count). The second-order valence-corrected chi connectivity index (χ2v) is 14.8. The number of carbonyl (C=O) groups excluding carboxylic acids is 3. The third-order valence-corrected chi connectivity index (χ3v) is 11.1. The van der Waals surface area contributed by atoms with Crippen LogP contribution in [0.5, 0.6) is 0 Å². The molecule has 2 unspecified atom stereocenters. The number of hydrogen-bond acceptors (Lipinski definition) is 8. The highest BCUT2D eigenvalue weighted by molar-refractivity contribution is 6.05. The zero-order valence-electron chi connectivity index (χ0n) is 30.8. The number of pyridine rings is 1. The molecule has 2 aromatic heterocycles. The van der Waals surface area contributed by atoms with Gasteiger partial charge in [0.15, 0.2) is 0 Å². The maximum Gasteiger partial charge on any atom is 0.266 e. The number of piperidine rings is 2. The van der Waals surface area contributed by atoms with Gasteiger partial charge in [-0.25, -0.2) is 27.5 Å². The van der Waals surface area contributed by atoms with E-state index >= 15 is 8.78 Å². The van der Waals surface area contributed by atoms with Crippen molar-refractivity contribution in [2.45, 2.75) is 77.0 Å². The molecule has 3 amide bonds. The van der Waals surface area contributed by atoms with E-state index in [9.17, 15) is 23.2 Å². The van der Waals surface area contributed by atoms with Crippen LogP contribution in [0, 0.1) is 18.6 Å². The summed E-state index contributed by atoms with van der Waals surface area (Å²) in [6.45, 7) is 5.59. The van der Waals surface area contributed by atoms with Gasteiger partial charge in [0.1, 0.15) is 29.3 Å². The number of halogens is 4. The van der Waals surface area contributed by atoms with Crippen LogP contribution in [0.25, 0.3) is 22.2 Å². The number of amides is 3. The van der Waals surface area contributed by atoms with Crippen molar-refractivity contribution in [1.29, 1.82) is 0 Å². The van der Waals surface area contributed by atoms with Crippen LogP contribution in [0.3, 0.4) is 0 Å². The minimum absolute atomic E-state index is 0.0795. The summed E-state index contributed by atoms with van der Waals surface area (Å²) in [5.41, 5.74) is 4.31. The number of anilines is 1. The Labute approximate surface area is 320 Å². The Morgan fingerprint density at radius 3 is 2.50 bits per heavy atom. The molecule has 14 heteroatoms. The van der Waals surface area contributed by atoms with Gasteiger partial charge in [0, 0.05) is 47.2 Å². The number of rotatable bonds is 9. The Morgan fingerprint density at radius 2 is 1.73 bits per heavy atom. The third kappa shape index (κ3) is 7.20. The van der Waals surface area contributed by atoms with E-state index in [-0.39, 0.29) is 35.5 Å². The molecule has 0 aliphatic carbocycles. The highest BCUT2D eigenvalue weighted by atomic mass is 19.3. The van der Waals surface area contributed by atoms with Crippen molar-refractivity contribution < 1.29 is 31.9 Å². The summed E-state index contributed by atoms with van der Waals surface area (Å²) >= 11 is 0. The predicted molar refractivity (Wildman–Crippen MR) is 201 cm³/mol. The van der Waals surface area contributed by atoms with E-state index in [4.69, 9.17) is 0 Å². The van der Waals surface area contributed by atoms with E-state index in [1.807, 2.05) is 12.1 Å². The van der Waals surface area contributed by atoms with Gasteiger partial charge in [-0.15, -0.1) is 0 Å². The first-order valence-electron chi connectivity index (χ1n) is 18.7. The number of nitrogens with one attached hydrogen (secondary N) is 2. The van der Waals surface area contributed by atoms with Crippen LogP contribution >= 0.6 is 0 Å². The lowest BCUT2D eigenvalue weighted by Crippen LogP contribution is -2.52. The minimum Gasteiger partial charge on any atom is -0.363 e. The van der Waals surface area contributed by atoms with Crippen LogP contribution in [-0.2, 0) is 22.7 Å². The SMILES string of the molecule is Cc1nc(NC(C)c2cccc(C(F)F)c2F)c2cc(-c3ccc(F)c(CN4CCC(c5ccc6c(c5)CN(C5CCC(=O)NC5=O)C6=O)CC4)c3)ncc2n1. The Kier molecular flexibility index (Phi) is 10.00. The van der Waals surface area contributed by atoms with Gasteiger partial charge in [0.25, 0.3) is 12.3 Å². The molecule has 3 aromatic carbocycles. The fraction of sp³-hybridized carbons (Fsp3) is 0.333. The van der Waals surface area contributed by atoms with Gasteiger partial charge in [0.2, 0.25) is 11.8 Å². The average molecular weight is 766 g/mol. The van der Waals surface area contributed by atoms with E-state index in [1.165, 1.54) is 18.2 Å². The van der Waals surface area contributed by atoms with Crippen LogP contribution < -0.4 is 10.6 Å². The monoisotopic (exact) mass is 765 g/mol. The second-order valence-electron chi connectivity index (χ2n) is 14.8. The van der Waals surface area contributed by atoms with Crippen LogP contribution in [-0.4, -0.2) is 61.6 Å². The number of fused-ring (bicyclic) bond motifs is 2. The zero-order valence-corrected chi connectivity index (χ0v) is 30.8. The van der Waals surface area contributed by atoms with Gasteiger partial charge in [-0.05, 0) is 93.6 Å². The highest BCUT2D eigenvalue weighted by Crippen LogP contribution is 2.35. The van der Waals surface area contributed by atoms with Gasteiger partial charge >= 0.3 is 0 Å². The molecule has 2 N–H and O–H groups in total. The number of carbonyl (C=O) groups is 3. The average Bonchev–Trinajstić information content (AvgIpc) is 3.50. The highest BCUT2D eigenvalue weighted by Gasteiger charge is 2.39. The van der Waals surface area contributed by atoms with Crippen LogP contribution in [0.1, 0.15) is 95.0 Å². The van der Waals surface area contributed by atoms with E-state index in [0.29, 0.717) is 64.4 Å². The summed E-state index contributed by atoms with van der Waals surface area (Å²) in [7, 11) is 0. The molecular weight excluding hydrogens is 726 g/mol. The van der Waals surface area contributed by atoms with Crippen molar-refractivity contribution in [3.63, 3.8) is 0 Å². The number of alkyl halides is 2. The second kappa shape index (κ2) is 15.1. The Hall–Kier alpha value is -5.76. The van der Waals surface area contributed by atoms with Gasteiger partial charge in [-0.3, -0.25) is 29.6 Å². The lowest BCUT2D eigenvalue weighted by Gasteiger charge is -2.32. The van der Waals surface area contributed by atoms with Crippen molar-refractivity contribution in [2.24, 2.45) is 0 Å². The smallest absolute Gasteiger partial charge is 0.266 e. The molecule has 56 heavy (non-hydrogen) atoms.